The van der Waals surface area contributed by atoms with Crippen LogP contribution >= 0.6 is 0 Å². The van der Waals surface area contributed by atoms with E-state index in [2.05, 4.69) is 122 Å². The molecule has 5 aromatic carbocycles. The number of aromatic nitrogens is 1. The summed E-state index contributed by atoms with van der Waals surface area (Å²) in [5, 5.41) is 12.5. The molecule has 1 heterocycles. The zero-order valence-corrected chi connectivity index (χ0v) is 24.8. The summed E-state index contributed by atoms with van der Waals surface area (Å²) in [7, 11) is 0. The van der Waals surface area contributed by atoms with Crippen molar-refractivity contribution in [2.75, 3.05) is 0 Å². The number of allylic oxidation sites excluding steroid dienone is 3. The van der Waals surface area contributed by atoms with Crippen LogP contribution in [0.5, 0.6) is 0 Å². The molecule has 0 atom stereocenters. The highest BCUT2D eigenvalue weighted by atomic mass is 14.6. The van der Waals surface area contributed by atoms with Crippen LogP contribution < -0.4 is 0 Å². The minimum absolute atomic E-state index is 0.947. The Balaban J connectivity index is 0.00000173. The lowest BCUT2D eigenvalue weighted by Crippen LogP contribution is -1.94. The molecule has 0 aliphatic rings. The smallest absolute Gasteiger partial charge is 0.0273 e. The second-order valence-electron chi connectivity index (χ2n) is 10.1. The molecule has 6 rings (SSSR count). The van der Waals surface area contributed by atoms with Crippen molar-refractivity contribution in [3.63, 3.8) is 0 Å². The maximum atomic E-state index is 7.63. The molecule has 0 radical (unpaired) electrons. The molecule has 42 heavy (non-hydrogen) atoms. The van der Waals surface area contributed by atoms with Crippen LogP contribution in [0.25, 0.3) is 60.5 Å². The molecule has 1 aromatic heterocycles. The summed E-state index contributed by atoms with van der Waals surface area (Å²) in [6.07, 6.45) is 8.66. The van der Waals surface area contributed by atoms with Gasteiger partial charge < -0.3 is 5.41 Å². The predicted octanol–water partition coefficient (Wildman–Crippen LogP) is 11.3. The summed E-state index contributed by atoms with van der Waals surface area (Å²) in [5.41, 5.74) is 11.6. The van der Waals surface area contributed by atoms with Crippen LogP contribution in [0.15, 0.2) is 128 Å². The molecule has 0 aliphatic heterocycles. The molecule has 2 nitrogen and oxygen atoms in total. The molecule has 0 saturated heterocycles. The van der Waals surface area contributed by atoms with Crippen molar-refractivity contribution in [2.24, 2.45) is 0 Å². The van der Waals surface area contributed by atoms with Crippen molar-refractivity contribution < 1.29 is 0 Å². The van der Waals surface area contributed by atoms with Gasteiger partial charge in [-0.25, -0.2) is 0 Å². The van der Waals surface area contributed by atoms with Gasteiger partial charge in [-0.1, -0.05) is 99.3 Å². The third-order valence-corrected chi connectivity index (χ3v) is 7.77. The standard InChI is InChI=1S/C38H30N2.C2H6/c1-4-27(17-20-39)35-23-29(15-13-25(35)2)37-31-9-5-7-11-33(31)38(34-12-8-6-10-32(34)37)30-16-14-26(3)36(24-30)28-18-21-40-22-19-28;1-2/h4-24,39H,1H2,2-3H3;1-2H3/b27-17+,39-20?;. The zero-order valence-electron chi connectivity index (χ0n) is 24.8. The highest BCUT2D eigenvalue weighted by Crippen LogP contribution is 2.45. The molecule has 0 aliphatic carbocycles. The summed E-state index contributed by atoms with van der Waals surface area (Å²) < 4.78 is 0. The van der Waals surface area contributed by atoms with Crippen LogP contribution in [-0.4, -0.2) is 11.2 Å². The van der Waals surface area contributed by atoms with Gasteiger partial charge in [0.2, 0.25) is 0 Å². The van der Waals surface area contributed by atoms with E-state index >= 15 is 0 Å². The number of nitrogens with zero attached hydrogens (tertiary/aromatic N) is 1. The molecule has 0 saturated carbocycles. The third-order valence-electron chi connectivity index (χ3n) is 7.77. The van der Waals surface area contributed by atoms with Gasteiger partial charge in [-0.2, -0.15) is 0 Å². The number of hydrogen-bond donors (Lipinski definition) is 1. The van der Waals surface area contributed by atoms with E-state index in [1.54, 1.807) is 6.08 Å². The highest BCUT2D eigenvalue weighted by Gasteiger charge is 2.18. The van der Waals surface area contributed by atoms with Gasteiger partial charge in [0.25, 0.3) is 0 Å². The van der Waals surface area contributed by atoms with E-state index in [9.17, 15) is 0 Å². The monoisotopic (exact) mass is 544 g/mol. The summed E-state index contributed by atoms with van der Waals surface area (Å²) >= 11 is 0. The molecule has 0 bridgehead atoms. The largest absolute Gasteiger partial charge is 0.309 e. The maximum Gasteiger partial charge on any atom is 0.0273 e. The number of rotatable bonds is 6. The molecule has 1 N–H and O–H groups in total. The minimum atomic E-state index is 0.947. The van der Waals surface area contributed by atoms with Crippen LogP contribution in [0, 0.1) is 19.3 Å². The van der Waals surface area contributed by atoms with Crippen molar-refractivity contribution in [1.29, 1.82) is 5.41 Å². The Morgan fingerprint density at radius 3 is 1.64 bits per heavy atom. The first-order chi connectivity index (χ1) is 20.6. The summed E-state index contributed by atoms with van der Waals surface area (Å²) in [5.74, 6) is 0. The maximum absolute atomic E-state index is 7.63. The Kier molecular flexibility index (Phi) is 8.55. The van der Waals surface area contributed by atoms with Gasteiger partial charge in [0.15, 0.2) is 0 Å². The van der Waals surface area contributed by atoms with Gasteiger partial charge in [-0.3, -0.25) is 4.98 Å². The van der Waals surface area contributed by atoms with Gasteiger partial charge in [0.05, 0.1) is 0 Å². The second kappa shape index (κ2) is 12.6. The quantitative estimate of drug-likeness (QED) is 0.126. The molecule has 2 heteroatoms. The average Bonchev–Trinajstić information content (AvgIpc) is 3.05. The number of benzene rings is 5. The van der Waals surface area contributed by atoms with Crippen molar-refractivity contribution in [1.82, 2.24) is 4.98 Å². The van der Waals surface area contributed by atoms with Gasteiger partial charge >= 0.3 is 0 Å². The number of nitrogens with one attached hydrogen (secondary N) is 1. The molecule has 0 fully saturated rings. The van der Waals surface area contributed by atoms with E-state index in [0.717, 1.165) is 22.3 Å². The Bertz CT molecular complexity index is 1890. The number of hydrogen-bond acceptors (Lipinski definition) is 2. The average molecular weight is 545 g/mol. The molecule has 0 spiro atoms. The van der Waals surface area contributed by atoms with Crippen molar-refractivity contribution in [3.8, 4) is 33.4 Å². The first kappa shape index (κ1) is 28.4. The van der Waals surface area contributed by atoms with Crippen molar-refractivity contribution >= 4 is 33.3 Å². The van der Waals surface area contributed by atoms with E-state index in [1.807, 2.05) is 32.3 Å². The molecule has 0 unspecified atom stereocenters. The predicted molar refractivity (Wildman–Crippen MR) is 183 cm³/mol. The number of aryl methyl sites for hydroxylation is 2. The third kappa shape index (κ3) is 5.20. The lowest BCUT2D eigenvalue weighted by atomic mass is 9.84. The van der Waals surface area contributed by atoms with Crippen molar-refractivity contribution in [3.05, 3.63) is 145 Å². The zero-order chi connectivity index (χ0) is 29.6. The first-order valence-electron chi connectivity index (χ1n) is 14.5. The van der Waals surface area contributed by atoms with E-state index in [4.69, 9.17) is 5.41 Å². The van der Waals surface area contributed by atoms with Gasteiger partial charge in [0, 0.05) is 18.6 Å². The topological polar surface area (TPSA) is 36.7 Å². The molecule has 6 aromatic rings. The van der Waals surface area contributed by atoms with Crippen LogP contribution in [0.4, 0.5) is 0 Å². The Hall–Kier alpha value is -5.08. The molecular weight excluding hydrogens is 508 g/mol. The first-order valence-corrected chi connectivity index (χ1v) is 14.5. The van der Waals surface area contributed by atoms with Crippen LogP contribution in [0.1, 0.15) is 30.5 Å². The molecular formula is C40H36N2. The Morgan fingerprint density at radius 1 is 0.643 bits per heavy atom. The fraction of sp³-hybridized carbons (Fsp3) is 0.100. The van der Waals surface area contributed by atoms with Crippen LogP contribution in [0.2, 0.25) is 0 Å². The van der Waals surface area contributed by atoms with Crippen LogP contribution in [-0.2, 0) is 0 Å². The molecule has 0 amide bonds. The normalized spacial score (nSPS) is 11.2. The summed E-state index contributed by atoms with van der Waals surface area (Å²) in [4.78, 5) is 4.22. The fourth-order valence-electron chi connectivity index (χ4n) is 5.82. The number of pyridine rings is 1. The minimum Gasteiger partial charge on any atom is -0.309 e. The summed E-state index contributed by atoms with van der Waals surface area (Å²) in [6, 6.07) is 35.0. The SMILES string of the molecule is C=C/C(=C\C=N)c1cc(-c2c3ccccc3c(-c3ccc(C)c(-c4ccncc4)c3)c3ccccc23)ccc1C.CC. The lowest BCUT2D eigenvalue weighted by Gasteiger charge is -2.19. The second-order valence-corrected chi connectivity index (χ2v) is 10.1. The van der Waals surface area contributed by atoms with Gasteiger partial charge in [0.1, 0.15) is 0 Å². The lowest BCUT2D eigenvalue weighted by molar-refractivity contribution is 1.32. The van der Waals surface area contributed by atoms with E-state index in [1.165, 1.54) is 61.1 Å². The number of fused-ring (bicyclic) bond motifs is 2. The Morgan fingerprint density at radius 2 is 1.14 bits per heavy atom. The van der Waals surface area contributed by atoms with Crippen molar-refractivity contribution in [2.45, 2.75) is 27.7 Å². The summed E-state index contributed by atoms with van der Waals surface area (Å²) in [6.45, 7) is 12.3. The molecule has 206 valence electrons. The fourth-order valence-corrected chi connectivity index (χ4v) is 5.82. The van der Waals surface area contributed by atoms with E-state index in [-0.39, 0.29) is 0 Å². The Labute approximate surface area is 249 Å². The van der Waals surface area contributed by atoms with E-state index < -0.39 is 0 Å². The van der Waals surface area contributed by atoms with E-state index in [0.29, 0.717) is 0 Å². The van der Waals surface area contributed by atoms with Gasteiger partial charge in [-0.15, -0.1) is 0 Å². The van der Waals surface area contributed by atoms with Gasteiger partial charge in [-0.05, 0) is 121 Å². The highest BCUT2D eigenvalue weighted by molar-refractivity contribution is 6.21. The van der Waals surface area contributed by atoms with Crippen LogP contribution in [0.3, 0.4) is 0 Å².